The van der Waals surface area contributed by atoms with Gasteiger partial charge in [-0.05, 0) is 40.5 Å². The molecule has 0 aliphatic rings. The first kappa shape index (κ1) is 14.9. The number of alkyl halides is 1. The molecule has 0 amide bonds. The van der Waals surface area contributed by atoms with E-state index in [4.69, 9.17) is 16.3 Å². The maximum absolute atomic E-state index is 6.18. The Morgan fingerprint density at radius 2 is 2.16 bits per heavy atom. The summed E-state index contributed by atoms with van der Waals surface area (Å²) in [6.45, 7) is 2.37. The highest BCUT2D eigenvalue weighted by Crippen LogP contribution is 2.28. The zero-order valence-corrected chi connectivity index (χ0v) is 14.5. The Morgan fingerprint density at radius 1 is 1.42 bits per heavy atom. The van der Waals surface area contributed by atoms with Crippen molar-refractivity contribution in [1.29, 1.82) is 0 Å². The molecule has 19 heavy (non-hydrogen) atoms. The standard InChI is InChI=1S/C13H13Br2ClN2O/c1-8-13(15)11(18(2)17-8)7-19-12-4-3-9(6-14)5-10(12)16/h3-5H,6-7H2,1-2H3. The lowest BCUT2D eigenvalue weighted by Crippen LogP contribution is -2.04. The second kappa shape index (κ2) is 6.29. The highest BCUT2D eigenvalue weighted by atomic mass is 79.9. The van der Waals surface area contributed by atoms with Gasteiger partial charge in [0.1, 0.15) is 12.4 Å². The van der Waals surface area contributed by atoms with E-state index in [9.17, 15) is 0 Å². The van der Waals surface area contributed by atoms with E-state index in [1.54, 1.807) is 4.68 Å². The molecule has 102 valence electrons. The monoisotopic (exact) mass is 406 g/mol. The topological polar surface area (TPSA) is 27.1 Å². The Bertz CT molecular complexity index is 599. The van der Waals surface area contributed by atoms with Gasteiger partial charge in [0.25, 0.3) is 0 Å². The van der Waals surface area contributed by atoms with E-state index in [1.165, 1.54) is 0 Å². The van der Waals surface area contributed by atoms with Crippen LogP contribution >= 0.6 is 43.5 Å². The maximum Gasteiger partial charge on any atom is 0.138 e. The second-order valence-corrected chi connectivity index (χ2v) is 5.92. The minimum atomic E-state index is 0.422. The molecule has 6 heteroatoms. The normalized spacial score (nSPS) is 10.8. The van der Waals surface area contributed by atoms with E-state index in [1.807, 2.05) is 32.2 Å². The third-order valence-corrected chi connectivity index (χ3v) is 4.75. The van der Waals surface area contributed by atoms with Crippen LogP contribution in [0, 0.1) is 6.92 Å². The fourth-order valence-corrected chi connectivity index (χ4v) is 2.78. The molecule has 0 saturated heterocycles. The first-order chi connectivity index (χ1) is 9.02. The van der Waals surface area contributed by atoms with Gasteiger partial charge in [0.15, 0.2) is 0 Å². The number of aryl methyl sites for hydroxylation is 2. The van der Waals surface area contributed by atoms with Crippen molar-refractivity contribution < 1.29 is 4.74 Å². The van der Waals surface area contributed by atoms with Crippen LogP contribution in [0.5, 0.6) is 5.75 Å². The number of halogens is 3. The highest BCUT2D eigenvalue weighted by Gasteiger charge is 2.12. The number of rotatable bonds is 4. The van der Waals surface area contributed by atoms with Crippen LogP contribution in [0.1, 0.15) is 17.0 Å². The van der Waals surface area contributed by atoms with E-state index >= 15 is 0 Å². The van der Waals surface area contributed by atoms with Gasteiger partial charge in [0.2, 0.25) is 0 Å². The molecular weight excluding hydrogens is 395 g/mol. The molecule has 1 heterocycles. The predicted octanol–water partition coefficient (Wildman–Crippen LogP) is 4.62. The molecule has 0 bridgehead atoms. The summed E-state index contributed by atoms with van der Waals surface area (Å²) in [4.78, 5) is 0. The van der Waals surface area contributed by atoms with Crippen LogP contribution < -0.4 is 4.74 Å². The lowest BCUT2D eigenvalue weighted by Gasteiger charge is -2.09. The van der Waals surface area contributed by atoms with Crippen LogP contribution in [-0.4, -0.2) is 9.78 Å². The van der Waals surface area contributed by atoms with Crippen molar-refractivity contribution in [2.45, 2.75) is 18.9 Å². The van der Waals surface area contributed by atoms with E-state index in [0.29, 0.717) is 17.4 Å². The van der Waals surface area contributed by atoms with Gasteiger partial charge < -0.3 is 4.74 Å². The van der Waals surface area contributed by atoms with Crippen LogP contribution in [0.15, 0.2) is 22.7 Å². The van der Waals surface area contributed by atoms with Crippen molar-refractivity contribution in [1.82, 2.24) is 9.78 Å². The van der Waals surface area contributed by atoms with E-state index in [-0.39, 0.29) is 0 Å². The summed E-state index contributed by atoms with van der Waals surface area (Å²) in [7, 11) is 1.89. The molecular formula is C13H13Br2ClN2O. The van der Waals surface area contributed by atoms with Crippen LogP contribution in [-0.2, 0) is 19.0 Å². The third kappa shape index (κ3) is 3.33. The first-order valence-corrected chi connectivity index (χ1v) is 7.97. The fourth-order valence-electron chi connectivity index (χ4n) is 1.73. The summed E-state index contributed by atoms with van der Waals surface area (Å²) >= 11 is 13.1. The van der Waals surface area contributed by atoms with Crippen LogP contribution in [0.4, 0.5) is 0 Å². The molecule has 0 radical (unpaired) electrons. The molecule has 0 aliphatic carbocycles. The van der Waals surface area contributed by atoms with E-state index in [2.05, 4.69) is 37.0 Å². The molecule has 3 nitrogen and oxygen atoms in total. The zero-order chi connectivity index (χ0) is 14.0. The van der Waals surface area contributed by atoms with Gasteiger partial charge in [-0.1, -0.05) is 33.6 Å². The third-order valence-electron chi connectivity index (χ3n) is 2.78. The Hall–Kier alpha value is -0.520. The molecule has 2 aromatic rings. The minimum absolute atomic E-state index is 0.422. The molecule has 0 atom stereocenters. The summed E-state index contributed by atoms with van der Waals surface area (Å²) in [6.07, 6.45) is 0. The Balaban J connectivity index is 2.14. The number of hydrogen-bond donors (Lipinski definition) is 0. The summed E-state index contributed by atoms with van der Waals surface area (Å²) in [5.41, 5.74) is 3.05. The average molecular weight is 409 g/mol. The second-order valence-electron chi connectivity index (χ2n) is 4.16. The van der Waals surface area contributed by atoms with Crippen molar-refractivity contribution in [2.75, 3.05) is 0 Å². The summed E-state index contributed by atoms with van der Waals surface area (Å²) < 4.78 is 8.54. The summed E-state index contributed by atoms with van der Waals surface area (Å²) in [5, 5.41) is 5.72. The Kier molecular flexibility index (Phi) is 4.92. The van der Waals surface area contributed by atoms with Gasteiger partial charge in [0.05, 0.1) is 20.9 Å². The summed E-state index contributed by atoms with van der Waals surface area (Å²) in [6, 6.07) is 5.77. The molecule has 0 saturated carbocycles. The molecule has 2 rings (SSSR count). The minimum Gasteiger partial charge on any atom is -0.486 e. The molecule has 0 N–H and O–H groups in total. The lowest BCUT2D eigenvalue weighted by atomic mass is 10.2. The number of hydrogen-bond acceptors (Lipinski definition) is 2. The van der Waals surface area contributed by atoms with Gasteiger partial charge in [-0.3, -0.25) is 4.68 Å². The van der Waals surface area contributed by atoms with Gasteiger partial charge in [0, 0.05) is 12.4 Å². The molecule has 0 spiro atoms. The number of benzene rings is 1. The maximum atomic E-state index is 6.18. The molecule has 0 fully saturated rings. The Morgan fingerprint density at radius 3 is 2.68 bits per heavy atom. The summed E-state index contributed by atoms with van der Waals surface area (Å²) in [5.74, 6) is 0.678. The molecule has 1 aromatic heterocycles. The van der Waals surface area contributed by atoms with Crippen LogP contribution in [0.2, 0.25) is 5.02 Å². The van der Waals surface area contributed by atoms with Crippen molar-refractivity contribution in [3.63, 3.8) is 0 Å². The number of aromatic nitrogens is 2. The Labute approximate surface area is 134 Å². The molecule has 0 unspecified atom stereocenters. The van der Waals surface area contributed by atoms with Crippen LogP contribution in [0.25, 0.3) is 0 Å². The van der Waals surface area contributed by atoms with E-state index < -0.39 is 0 Å². The number of nitrogens with zero attached hydrogens (tertiary/aromatic N) is 2. The fraction of sp³-hybridized carbons (Fsp3) is 0.308. The number of ether oxygens (including phenoxy) is 1. The predicted molar refractivity (Wildman–Crippen MR) is 84.1 cm³/mol. The smallest absolute Gasteiger partial charge is 0.138 e. The van der Waals surface area contributed by atoms with Crippen LogP contribution in [0.3, 0.4) is 0 Å². The SMILES string of the molecule is Cc1nn(C)c(COc2ccc(CBr)cc2Cl)c1Br. The first-order valence-electron chi connectivity index (χ1n) is 5.68. The van der Waals surface area contributed by atoms with Crippen molar-refractivity contribution in [2.24, 2.45) is 7.05 Å². The zero-order valence-electron chi connectivity index (χ0n) is 10.6. The van der Waals surface area contributed by atoms with Gasteiger partial charge in [-0.25, -0.2) is 0 Å². The highest BCUT2D eigenvalue weighted by molar-refractivity contribution is 9.10. The van der Waals surface area contributed by atoms with Gasteiger partial charge >= 0.3 is 0 Å². The van der Waals surface area contributed by atoms with Gasteiger partial charge in [-0.2, -0.15) is 5.10 Å². The molecule has 1 aromatic carbocycles. The quantitative estimate of drug-likeness (QED) is 0.691. The van der Waals surface area contributed by atoms with E-state index in [0.717, 1.165) is 26.8 Å². The van der Waals surface area contributed by atoms with Gasteiger partial charge in [-0.15, -0.1) is 0 Å². The van der Waals surface area contributed by atoms with Crippen molar-refractivity contribution in [3.8, 4) is 5.75 Å². The van der Waals surface area contributed by atoms with Crippen molar-refractivity contribution in [3.05, 3.63) is 44.6 Å². The lowest BCUT2D eigenvalue weighted by molar-refractivity contribution is 0.294. The average Bonchev–Trinajstić information content (AvgIpc) is 2.62. The molecule has 0 aliphatic heterocycles. The van der Waals surface area contributed by atoms with Crippen molar-refractivity contribution >= 4 is 43.5 Å². The largest absolute Gasteiger partial charge is 0.486 e.